The second-order valence-corrected chi connectivity index (χ2v) is 6.40. The first-order valence-electron chi connectivity index (χ1n) is 8.71. The SMILES string of the molecule is COc1ccc(CC(=O)N2CCc3cc(-c4ccncc4)ccc32)cc1. The quantitative estimate of drug-likeness (QED) is 0.721. The maximum Gasteiger partial charge on any atom is 0.231 e. The average Bonchev–Trinajstić information content (AvgIpc) is 3.12. The Morgan fingerprint density at radius 1 is 1.04 bits per heavy atom. The monoisotopic (exact) mass is 344 g/mol. The summed E-state index contributed by atoms with van der Waals surface area (Å²) in [5.74, 6) is 0.932. The Morgan fingerprint density at radius 3 is 2.54 bits per heavy atom. The van der Waals surface area contributed by atoms with Crippen LogP contribution in [0, 0.1) is 0 Å². The van der Waals surface area contributed by atoms with E-state index in [2.05, 4.69) is 23.2 Å². The molecule has 1 aliphatic heterocycles. The molecule has 0 saturated carbocycles. The molecule has 4 rings (SSSR count). The van der Waals surface area contributed by atoms with Crippen molar-refractivity contribution in [2.75, 3.05) is 18.6 Å². The number of pyridine rings is 1. The highest BCUT2D eigenvalue weighted by molar-refractivity contribution is 5.97. The number of carbonyl (C=O) groups excluding carboxylic acids is 1. The van der Waals surface area contributed by atoms with Crippen molar-refractivity contribution in [1.82, 2.24) is 4.98 Å². The Bertz CT molecular complexity index is 921. The highest BCUT2D eigenvalue weighted by Crippen LogP contribution is 2.32. The zero-order valence-electron chi connectivity index (χ0n) is 14.7. The van der Waals surface area contributed by atoms with Crippen LogP contribution in [0.2, 0.25) is 0 Å². The number of fused-ring (bicyclic) bond motifs is 1. The van der Waals surface area contributed by atoms with Gasteiger partial charge in [-0.05, 0) is 65.1 Å². The molecule has 3 aromatic rings. The zero-order chi connectivity index (χ0) is 17.9. The van der Waals surface area contributed by atoms with E-state index < -0.39 is 0 Å². The lowest BCUT2D eigenvalue weighted by molar-refractivity contribution is -0.117. The molecule has 2 aromatic carbocycles. The van der Waals surface area contributed by atoms with Gasteiger partial charge in [0.2, 0.25) is 5.91 Å². The summed E-state index contributed by atoms with van der Waals surface area (Å²) in [6.07, 6.45) is 4.89. The topological polar surface area (TPSA) is 42.4 Å². The van der Waals surface area contributed by atoms with Crippen molar-refractivity contribution < 1.29 is 9.53 Å². The number of anilines is 1. The van der Waals surface area contributed by atoms with Crippen molar-refractivity contribution in [2.45, 2.75) is 12.8 Å². The van der Waals surface area contributed by atoms with Gasteiger partial charge in [0.05, 0.1) is 13.5 Å². The number of carbonyl (C=O) groups is 1. The molecule has 4 nitrogen and oxygen atoms in total. The average molecular weight is 344 g/mol. The number of methoxy groups -OCH3 is 1. The second-order valence-electron chi connectivity index (χ2n) is 6.40. The van der Waals surface area contributed by atoms with E-state index in [-0.39, 0.29) is 5.91 Å². The van der Waals surface area contributed by atoms with Crippen molar-refractivity contribution in [2.24, 2.45) is 0 Å². The Hall–Kier alpha value is -3.14. The standard InChI is InChI=1S/C22H20N2O2/c1-26-20-5-2-16(3-6-20)14-22(25)24-13-10-19-15-18(4-7-21(19)24)17-8-11-23-12-9-17/h2-9,11-12,15H,10,13-14H2,1H3. The summed E-state index contributed by atoms with van der Waals surface area (Å²) in [6, 6.07) is 18.0. The Balaban J connectivity index is 1.52. The number of hydrogen-bond donors (Lipinski definition) is 0. The molecule has 0 saturated heterocycles. The van der Waals surface area contributed by atoms with Crippen LogP contribution >= 0.6 is 0 Å². The van der Waals surface area contributed by atoms with Crippen molar-refractivity contribution in [3.8, 4) is 16.9 Å². The first-order valence-corrected chi connectivity index (χ1v) is 8.71. The van der Waals surface area contributed by atoms with Crippen LogP contribution in [0.3, 0.4) is 0 Å². The summed E-state index contributed by atoms with van der Waals surface area (Å²) in [7, 11) is 1.64. The normalized spacial score (nSPS) is 12.7. The van der Waals surface area contributed by atoms with Gasteiger partial charge in [-0.25, -0.2) is 0 Å². The van der Waals surface area contributed by atoms with Gasteiger partial charge in [-0.2, -0.15) is 0 Å². The van der Waals surface area contributed by atoms with Crippen molar-refractivity contribution in [3.05, 3.63) is 78.1 Å². The predicted octanol–water partition coefficient (Wildman–Crippen LogP) is 3.89. The van der Waals surface area contributed by atoms with Crippen molar-refractivity contribution >= 4 is 11.6 Å². The minimum Gasteiger partial charge on any atom is -0.497 e. The van der Waals surface area contributed by atoms with E-state index >= 15 is 0 Å². The molecule has 0 bridgehead atoms. The van der Waals surface area contributed by atoms with Crippen LogP contribution in [0.5, 0.6) is 5.75 Å². The van der Waals surface area contributed by atoms with E-state index in [1.165, 1.54) is 5.56 Å². The number of ether oxygens (including phenoxy) is 1. The lowest BCUT2D eigenvalue weighted by Gasteiger charge is -2.18. The number of rotatable bonds is 4. The summed E-state index contributed by atoms with van der Waals surface area (Å²) >= 11 is 0. The molecule has 26 heavy (non-hydrogen) atoms. The molecule has 0 fully saturated rings. The fourth-order valence-electron chi connectivity index (χ4n) is 3.40. The third kappa shape index (κ3) is 3.18. The fraction of sp³-hybridized carbons (Fsp3) is 0.182. The van der Waals surface area contributed by atoms with Crippen LogP contribution in [0.4, 0.5) is 5.69 Å². The second kappa shape index (κ2) is 7.00. The van der Waals surface area contributed by atoms with Crippen LogP contribution in [0.25, 0.3) is 11.1 Å². The summed E-state index contributed by atoms with van der Waals surface area (Å²) in [6.45, 7) is 0.740. The van der Waals surface area contributed by atoms with Gasteiger partial charge in [-0.3, -0.25) is 9.78 Å². The Labute approximate surface area is 153 Å². The van der Waals surface area contributed by atoms with Gasteiger partial charge in [0.25, 0.3) is 0 Å². The van der Waals surface area contributed by atoms with Gasteiger partial charge in [-0.1, -0.05) is 18.2 Å². The molecule has 0 aliphatic carbocycles. The minimum atomic E-state index is 0.130. The maximum atomic E-state index is 12.8. The van der Waals surface area contributed by atoms with Crippen molar-refractivity contribution in [1.29, 1.82) is 0 Å². The van der Waals surface area contributed by atoms with E-state index in [1.807, 2.05) is 41.3 Å². The molecule has 0 unspecified atom stereocenters. The molecule has 4 heteroatoms. The van der Waals surface area contributed by atoms with Gasteiger partial charge in [0.1, 0.15) is 5.75 Å². The Morgan fingerprint density at radius 2 is 1.81 bits per heavy atom. The number of benzene rings is 2. The van der Waals surface area contributed by atoms with Crippen LogP contribution in [-0.4, -0.2) is 24.5 Å². The first kappa shape index (κ1) is 16.3. The fourth-order valence-corrected chi connectivity index (χ4v) is 3.40. The highest BCUT2D eigenvalue weighted by Gasteiger charge is 2.24. The van der Waals surface area contributed by atoms with E-state index in [9.17, 15) is 4.79 Å². The van der Waals surface area contributed by atoms with E-state index in [0.717, 1.165) is 41.1 Å². The van der Waals surface area contributed by atoms with Crippen LogP contribution in [0.1, 0.15) is 11.1 Å². The van der Waals surface area contributed by atoms with E-state index in [0.29, 0.717) is 6.42 Å². The van der Waals surface area contributed by atoms with Gasteiger partial charge >= 0.3 is 0 Å². The molecule has 1 amide bonds. The first-order chi connectivity index (χ1) is 12.7. The minimum absolute atomic E-state index is 0.130. The molecule has 0 atom stereocenters. The van der Waals surface area contributed by atoms with Crippen LogP contribution in [-0.2, 0) is 17.6 Å². The lowest BCUT2D eigenvalue weighted by Crippen LogP contribution is -2.30. The molecule has 130 valence electrons. The number of nitrogens with zero attached hydrogens (tertiary/aromatic N) is 2. The smallest absolute Gasteiger partial charge is 0.231 e. The summed E-state index contributed by atoms with van der Waals surface area (Å²) < 4.78 is 5.17. The van der Waals surface area contributed by atoms with Crippen LogP contribution in [0.15, 0.2) is 67.0 Å². The van der Waals surface area contributed by atoms with Gasteiger partial charge in [-0.15, -0.1) is 0 Å². The third-order valence-electron chi connectivity index (χ3n) is 4.80. The zero-order valence-corrected chi connectivity index (χ0v) is 14.7. The van der Waals surface area contributed by atoms with Crippen molar-refractivity contribution in [3.63, 3.8) is 0 Å². The predicted molar refractivity (Wildman–Crippen MR) is 102 cm³/mol. The summed E-state index contributed by atoms with van der Waals surface area (Å²) in [5, 5.41) is 0. The Kier molecular flexibility index (Phi) is 4.40. The maximum absolute atomic E-state index is 12.8. The third-order valence-corrected chi connectivity index (χ3v) is 4.80. The van der Waals surface area contributed by atoms with Crippen LogP contribution < -0.4 is 9.64 Å². The highest BCUT2D eigenvalue weighted by atomic mass is 16.5. The van der Waals surface area contributed by atoms with Gasteiger partial charge in [0.15, 0.2) is 0 Å². The molecule has 1 aromatic heterocycles. The lowest BCUT2D eigenvalue weighted by atomic mass is 10.0. The molecular weight excluding hydrogens is 324 g/mol. The van der Waals surface area contributed by atoms with E-state index in [1.54, 1.807) is 19.5 Å². The molecule has 0 radical (unpaired) electrons. The molecule has 0 N–H and O–H groups in total. The summed E-state index contributed by atoms with van der Waals surface area (Å²) in [4.78, 5) is 18.7. The molecule has 2 heterocycles. The van der Waals surface area contributed by atoms with Gasteiger partial charge in [0, 0.05) is 24.6 Å². The molecule has 1 aliphatic rings. The van der Waals surface area contributed by atoms with Gasteiger partial charge < -0.3 is 9.64 Å². The van der Waals surface area contributed by atoms with E-state index in [4.69, 9.17) is 4.74 Å². The summed E-state index contributed by atoms with van der Waals surface area (Å²) in [5.41, 5.74) is 5.56. The largest absolute Gasteiger partial charge is 0.497 e. The number of amides is 1. The molecular formula is C22H20N2O2. The number of hydrogen-bond acceptors (Lipinski definition) is 3. The number of aromatic nitrogens is 1. The molecule has 0 spiro atoms.